The van der Waals surface area contributed by atoms with E-state index in [0.29, 0.717) is 28.6 Å². The van der Waals surface area contributed by atoms with E-state index in [0.717, 1.165) is 5.56 Å². The normalized spacial score (nSPS) is 10.3. The predicted molar refractivity (Wildman–Crippen MR) is 132 cm³/mol. The lowest BCUT2D eigenvalue weighted by Gasteiger charge is -2.14. The molecule has 0 radical (unpaired) electrons. The number of methoxy groups -OCH3 is 2. The van der Waals surface area contributed by atoms with E-state index in [1.54, 1.807) is 87.3 Å². The van der Waals surface area contributed by atoms with Crippen molar-refractivity contribution in [3.63, 3.8) is 0 Å². The van der Waals surface area contributed by atoms with Crippen molar-refractivity contribution in [2.24, 2.45) is 0 Å². The van der Waals surface area contributed by atoms with Gasteiger partial charge < -0.3 is 23.6 Å². The highest BCUT2D eigenvalue weighted by molar-refractivity contribution is 7.47. The average Bonchev–Trinajstić information content (AvgIpc) is 2.90. The zero-order valence-corrected chi connectivity index (χ0v) is 20.9. The molecule has 0 saturated heterocycles. The number of nitriles is 1. The van der Waals surface area contributed by atoms with Crippen LogP contribution in [0.1, 0.15) is 11.1 Å². The molecule has 9 heteroatoms. The van der Waals surface area contributed by atoms with Crippen LogP contribution in [-0.4, -0.2) is 14.2 Å². The molecule has 0 fully saturated rings. The second kappa shape index (κ2) is 12.3. The number of rotatable bonds is 7. The van der Waals surface area contributed by atoms with Gasteiger partial charge in [-0.25, -0.2) is 0 Å². The fourth-order valence-corrected chi connectivity index (χ4v) is 4.34. The molecule has 0 spiro atoms. The number of hydrogen-bond donors (Lipinski definition) is 0. The minimum atomic E-state index is -3.75. The summed E-state index contributed by atoms with van der Waals surface area (Å²) < 4.78 is 36.9. The fourth-order valence-electron chi connectivity index (χ4n) is 2.87. The van der Waals surface area contributed by atoms with Crippen LogP contribution >= 0.6 is 7.75 Å². The summed E-state index contributed by atoms with van der Waals surface area (Å²) in [7, 11) is -0.589. The van der Waals surface area contributed by atoms with E-state index in [1.165, 1.54) is 16.5 Å². The lowest BCUT2D eigenvalue weighted by Crippen LogP contribution is -2.35. The molecule has 0 unspecified atom stereocenters. The molecule has 0 atom stereocenters. The second-order valence-electron chi connectivity index (χ2n) is 7.40. The topological polar surface area (TPSA) is 105 Å². The summed E-state index contributed by atoms with van der Waals surface area (Å²) in [6.45, 7) is 1.95. The first-order valence-electron chi connectivity index (χ1n) is 10.8. The number of nitrogens with zero attached hydrogens (tertiary/aromatic N) is 2. The number of benzene rings is 3. The highest BCUT2D eigenvalue weighted by Crippen LogP contribution is 2.44. The summed E-state index contributed by atoms with van der Waals surface area (Å²) in [4.78, 5) is 0. The fraction of sp³-hybridized carbons (Fsp3) is 0.111. The molecule has 0 saturated carbocycles. The van der Waals surface area contributed by atoms with Crippen LogP contribution in [0.3, 0.4) is 0 Å². The minimum absolute atomic E-state index is 0.117. The van der Waals surface area contributed by atoms with Gasteiger partial charge in [0, 0.05) is 12.1 Å². The molecule has 0 amide bonds. The molecular formula is C27H25N2O6P. The average molecular weight is 504 g/mol. The maximum atomic E-state index is 13.6. The van der Waals surface area contributed by atoms with Crippen molar-refractivity contribution in [3.05, 3.63) is 108 Å². The zero-order chi connectivity index (χ0) is 26.0. The Balaban J connectivity index is 0.000000338. The second-order valence-corrected chi connectivity index (χ2v) is 9.16. The van der Waals surface area contributed by atoms with Gasteiger partial charge in [0.05, 0.1) is 25.9 Å². The van der Waals surface area contributed by atoms with Gasteiger partial charge in [0.25, 0.3) is 0 Å². The first-order valence-corrected chi connectivity index (χ1v) is 12.3. The summed E-state index contributed by atoms with van der Waals surface area (Å²) in [5.41, 5.74) is 1.45. The summed E-state index contributed by atoms with van der Waals surface area (Å²) in [6, 6.07) is 25.1. The van der Waals surface area contributed by atoms with E-state index in [4.69, 9.17) is 23.8 Å². The standard InChI is InChI=1S/C20H21NO5P.C7H5NO/c1-16-12-14-21(15-13-16)27(22,25-19-8-4-17(23-2)5-9-19)26-20-10-6-18(24-3)7-11-20;8-5-6-2-1-3-7(9)4-6/h4-15H,1-3H3;1-4,9H/q+1;/p-1. The molecule has 0 aliphatic rings. The van der Waals surface area contributed by atoms with Crippen LogP contribution in [0.4, 0.5) is 0 Å². The molecule has 0 N–H and O–H groups in total. The summed E-state index contributed by atoms with van der Waals surface area (Å²) in [5, 5.41) is 18.8. The number of pyridine rings is 1. The third-order valence-electron chi connectivity index (χ3n) is 4.79. The van der Waals surface area contributed by atoms with Gasteiger partial charge in [-0.05, 0) is 67.1 Å². The van der Waals surface area contributed by atoms with E-state index in [-0.39, 0.29) is 5.75 Å². The Morgan fingerprint density at radius 1 is 0.778 bits per heavy atom. The molecule has 1 aromatic heterocycles. The maximum absolute atomic E-state index is 13.6. The van der Waals surface area contributed by atoms with E-state index in [9.17, 15) is 9.67 Å². The Hall–Kier alpha value is -4.47. The number of aromatic nitrogens is 1. The molecule has 0 bridgehead atoms. The van der Waals surface area contributed by atoms with Gasteiger partial charge in [0.2, 0.25) is 0 Å². The van der Waals surface area contributed by atoms with Gasteiger partial charge in [-0.3, -0.25) is 0 Å². The number of hydrogen-bond acceptors (Lipinski definition) is 7. The molecular weight excluding hydrogens is 479 g/mol. The quantitative estimate of drug-likeness (QED) is 0.325. The molecule has 4 rings (SSSR count). The lowest BCUT2D eigenvalue weighted by atomic mass is 10.2. The molecule has 3 aromatic carbocycles. The third kappa shape index (κ3) is 7.26. The van der Waals surface area contributed by atoms with Crippen LogP contribution in [0.5, 0.6) is 28.7 Å². The largest absolute Gasteiger partial charge is 0.872 e. The zero-order valence-electron chi connectivity index (χ0n) is 20.0. The van der Waals surface area contributed by atoms with Crippen LogP contribution in [0, 0.1) is 18.3 Å². The van der Waals surface area contributed by atoms with Crippen molar-refractivity contribution in [1.82, 2.24) is 0 Å². The third-order valence-corrected chi connectivity index (χ3v) is 6.50. The van der Waals surface area contributed by atoms with Crippen LogP contribution < -0.4 is 28.0 Å². The molecule has 0 aliphatic carbocycles. The van der Waals surface area contributed by atoms with Gasteiger partial charge in [-0.2, -0.15) is 9.83 Å². The van der Waals surface area contributed by atoms with E-state index in [2.05, 4.69) is 0 Å². The SMILES string of the molecule is COc1ccc(OP(=O)(Oc2ccc(OC)cc2)[n+]2ccc(C)cc2)cc1.N#Cc1cccc([O-])c1. The van der Waals surface area contributed by atoms with Crippen molar-refractivity contribution in [2.45, 2.75) is 6.92 Å². The maximum Gasteiger partial charge on any atom is 0.728 e. The van der Waals surface area contributed by atoms with Crippen molar-refractivity contribution in [2.75, 3.05) is 14.2 Å². The Morgan fingerprint density at radius 3 is 1.64 bits per heavy atom. The highest BCUT2D eigenvalue weighted by atomic mass is 31.2. The van der Waals surface area contributed by atoms with Crippen LogP contribution in [0.2, 0.25) is 0 Å². The lowest BCUT2D eigenvalue weighted by molar-refractivity contribution is -0.536. The summed E-state index contributed by atoms with van der Waals surface area (Å²) in [6.07, 6.45) is 3.34. The van der Waals surface area contributed by atoms with E-state index >= 15 is 0 Å². The molecule has 4 aromatic rings. The number of aryl methyl sites for hydroxylation is 1. The van der Waals surface area contributed by atoms with Crippen LogP contribution in [-0.2, 0) is 4.57 Å². The molecule has 0 aliphatic heterocycles. The Bertz CT molecular complexity index is 1300. The Kier molecular flexibility index (Phi) is 8.93. The van der Waals surface area contributed by atoms with Crippen molar-refractivity contribution in [3.8, 4) is 34.8 Å². The summed E-state index contributed by atoms with van der Waals surface area (Å²) in [5.74, 6) is 2.04. The van der Waals surface area contributed by atoms with Gasteiger partial charge in [-0.1, -0.05) is 22.5 Å². The van der Waals surface area contributed by atoms with Crippen molar-refractivity contribution >= 4 is 7.75 Å². The highest BCUT2D eigenvalue weighted by Gasteiger charge is 2.42. The Morgan fingerprint density at radius 2 is 1.25 bits per heavy atom. The van der Waals surface area contributed by atoms with Crippen LogP contribution in [0.15, 0.2) is 97.3 Å². The van der Waals surface area contributed by atoms with Crippen LogP contribution in [0.25, 0.3) is 0 Å². The first-order chi connectivity index (χ1) is 17.3. The van der Waals surface area contributed by atoms with E-state index in [1.807, 2.05) is 25.1 Å². The molecule has 36 heavy (non-hydrogen) atoms. The monoisotopic (exact) mass is 504 g/mol. The van der Waals surface area contributed by atoms with Gasteiger partial charge >= 0.3 is 7.75 Å². The smallest absolute Gasteiger partial charge is 0.728 e. The van der Waals surface area contributed by atoms with Gasteiger partial charge in [-0.15, -0.1) is 5.75 Å². The van der Waals surface area contributed by atoms with Crippen molar-refractivity contribution in [1.29, 1.82) is 5.26 Å². The van der Waals surface area contributed by atoms with Gasteiger partial charge in [0.1, 0.15) is 23.0 Å². The molecule has 1 heterocycles. The summed E-state index contributed by atoms with van der Waals surface area (Å²) >= 11 is 0. The molecule has 8 nitrogen and oxygen atoms in total. The Labute approximate surface area is 210 Å². The van der Waals surface area contributed by atoms with Crippen molar-refractivity contribution < 1.29 is 32.5 Å². The van der Waals surface area contributed by atoms with E-state index < -0.39 is 7.75 Å². The molecule has 184 valence electrons. The first kappa shape index (κ1) is 26.1. The number of ether oxygens (including phenoxy) is 2. The minimum Gasteiger partial charge on any atom is -0.872 e. The predicted octanol–water partition coefficient (Wildman–Crippen LogP) is 5.05. The van der Waals surface area contributed by atoms with Gasteiger partial charge in [0.15, 0.2) is 12.4 Å².